The fourth-order valence-corrected chi connectivity index (χ4v) is 3.96. The summed E-state index contributed by atoms with van der Waals surface area (Å²) in [6.45, 7) is 13.1. The maximum absolute atomic E-state index is 13.4. The second-order valence-electron chi connectivity index (χ2n) is 10.9. The van der Waals surface area contributed by atoms with Crippen LogP contribution in [-0.4, -0.2) is 53.9 Å². The number of ketones is 1. The Morgan fingerprint density at radius 1 is 0.846 bits per heavy atom. The van der Waals surface area contributed by atoms with Gasteiger partial charge in [0.25, 0.3) is 0 Å². The van der Waals surface area contributed by atoms with E-state index in [1.54, 1.807) is 6.92 Å². The number of hydrogen-bond acceptors (Lipinski definition) is 7. The molecule has 1 rings (SSSR count). The molecule has 0 bridgehead atoms. The van der Waals surface area contributed by atoms with E-state index >= 15 is 0 Å². The first-order chi connectivity index (χ1) is 18.3. The Morgan fingerprint density at radius 2 is 1.46 bits per heavy atom. The number of nitrogens with one attached hydrogen (secondary N) is 2. The number of ether oxygens (including phenoxy) is 2. The van der Waals surface area contributed by atoms with Crippen molar-refractivity contribution in [2.24, 2.45) is 23.7 Å². The van der Waals surface area contributed by atoms with Crippen LogP contribution in [0.1, 0.15) is 73.3 Å². The van der Waals surface area contributed by atoms with Crippen molar-refractivity contribution in [2.75, 3.05) is 13.2 Å². The molecular formula is C29H45N3O7. The molecule has 218 valence electrons. The van der Waals surface area contributed by atoms with E-state index in [-0.39, 0.29) is 49.7 Å². The maximum Gasteiger partial charge on any atom is 0.408 e. The topological polar surface area (TPSA) is 131 Å². The van der Waals surface area contributed by atoms with Crippen LogP contribution < -0.4 is 10.7 Å². The minimum atomic E-state index is -1.06. The van der Waals surface area contributed by atoms with Crippen molar-refractivity contribution in [3.05, 3.63) is 35.9 Å². The zero-order valence-corrected chi connectivity index (χ0v) is 24.3. The van der Waals surface area contributed by atoms with E-state index in [2.05, 4.69) is 10.7 Å². The van der Waals surface area contributed by atoms with Crippen molar-refractivity contribution in [1.82, 2.24) is 15.8 Å². The fourth-order valence-electron chi connectivity index (χ4n) is 3.96. The summed E-state index contributed by atoms with van der Waals surface area (Å²) in [5.74, 6) is -3.57. The molecule has 0 spiro atoms. The van der Waals surface area contributed by atoms with E-state index in [1.807, 2.05) is 71.9 Å². The molecule has 2 atom stereocenters. The summed E-state index contributed by atoms with van der Waals surface area (Å²) in [4.78, 5) is 63.8. The molecular weight excluding hydrogens is 502 g/mol. The minimum absolute atomic E-state index is 0.0243. The Labute approximate surface area is 232 Å². The van der Waals surface area contributed by atoms with Gasteiger partial charge in [-0.25, -0.2) is 14.6 Å². The summed E-state index contributed by atoms with van der Waals surface area (Å²) >= 11 is 0. The highest BCUT2D eigenvalue weighted by atomic mass is 16.5. The third-order valence-electron chi connectivity index (χ3n) is 5.66. The summed E-state index contributed by atoms with van der Waals surface area (Å²) < 4.78 is 10.1. The molecule has 2 N–H and O–H groups in total. The number of benzene rings is 1. The third kappa shape index (κ3) is 13.3. The van der Waals surface area contributed by atoms with Crippen LogP contribution in [0.15, 0.2) is 30.3 Å². The lowest BCUT2D eigenvalue weighted by Gasteiger charge is -2.28. The van der Waals surface area contributed by atoms with Crippen molar-refractivity contribution in [3.8, 4) is 0 Å². The molecule has 3 amide bonds. The number of hydrogen-bond donors (Lipinski definition) is 2. The molecule has 0 heterocycles. The number of amides is 3. The van der Waals surface area contributed by atoms with E-state index in [9.17, 15) is 24.0 Å². The molecule has 0 radical (unpaired) electrons. The zero-order valence-electron chi connectivity index (χ0n) is 24.3. The van der Waals surface area contributed by atoms with Crippen LogP contribution in [0.4, 0.5) is 4.79 Å². The van der Waals surface area contributed by atoms with Crippen molar-refractivity contribution >= 4 is 29.7 Å². The van der Waals surface area contributed by atoms with Gasteiger partial charge in [-0.1, -0.05) is 71.9 Å². The monoisotopic (exact) mass is 547 g/mol. The Kier molecular flexibility index (Phi) is 14.8. The van der Waals surface area contributed by atoms with E-state index < -0.39 is 35.8 Å². The molecule has 0 saturated carbocycles. The van der Waals surface area contributed by atoms with E-state index in [0.717, 1.165) is 10.6 Å². The first kappa shape index (κ1) is 33.6. The van der Waals surface area contributed by atoms with Crippen molar-refractivity contribution in [3.63, 3.8) is 0 Å². The van der Waals surface area contributed by atoms with Gasteiger partial charge in [-0.2, -0.15) is 0 Å². The largest absolute Gasteiger partial charge is 0.459 e. The van der Waals surface area contributed by atoms with Crippen LogP contribution in [0, 0.1) is 23.7 Å². The number of hydrazine groups is 1. The van der Waals surface area contributed by atoms with Gasteiger partial charge in [-0.15, -0.1) is 0 Å². The number of rotatable bonds is 14. The van der Waals surface area contributed by atoms with Gasteiger partial charge in [0, 0.05) is 18.9 Å². The van der Waals surface area contributed by atoms with Gasteiger partial charge in [0.05, 0.1) is 12.6 Å². The first-order valence-corrected chi connectivity index (χ1v) is 13.6. The third-order valence-corrected chi connectivity index (χ3v) is 5.66. The molecule has 0 aliphatic rings. The predicted molar refractivity (Wildman–Crippen MR) is 147 cm³/mol. The summed E-state index contributed by atoms with van der Waals surface area (Å²) in [6, 6.07) is 8.35. The van der Waals surface area contributed by atoms with E-state index in [0.29, 0.717) is 12.8 Å². The van der Waals surface area contributed by atoms with Crippen molar-refractivity contribution < 1.29 is 33.4 Å². The SMILES string of the molecule is CCOC(=O)C(=O)N(CC(C)C)NC(=O)[C@@H](CC(=O)[C@H](CC(C)C)NC(=O)OCc1ccccc1)CC(C)C. The highest BCUT2D eigenvalue weighted by Crippen LogP contribution is 2.20. The number of esters is 1. The molecule has 0 aliphatic heterocycles. The molecule has 0 unspecified atom stereocenters. The maximum atomic E-state index is 13.4. The molecule has 10 heteroatoms. The van der Waals surface area contributed by atoms with E-state index in [4.69, 9.17) is 9.47 Å². The van der Waals surface area contributed by atoms with Crippen LogP contribution in [0.5, 0.6) is 0 Å². The van der Waals surface area contributed by atoms with Gasteiger partial charge >= 0.3 is 18.0 Å². The molecule has 0 aliphatic carbocycles. The second-order valence-corrected chi connectivity index (χ2v) is 10.9. The average Bonchev–Trinajstić information content (AvgIpc) is 2.85. The number of carbonyl (C=O) groups is 5. The molecule has 0 fully saturated rings. The highest BCUT2D eigenvalue weighted by Gasteiger charge is 2.32. The van der Waals surface area contributed by atoms with Crippen molar-refractivity contribution in [1.29, 1.82) is 0 Å². The summed E-state index contributed by atoms with van der Waals surface area (Å²) in [6.07, 6.45) is -0.126. The van der Waals surface area contributed by atoms with Gasteiger partial charge in [0.15, 0.2) is 5.78 Å². The van der Waals surface area contributed by atoms with Gasteiger partial charge < -0.3 is 14.8 Å². The summed E-state index contributed by atoms with van der Waals surface area (Å²) in [7, 11) is 0. The van der Waals surface area contributed by atoms with Gasteiger partial charge in [0.2, 0.25) is 5.91 Å². The number of Topliss-reactive ketones (excluding diaryl/α,β-unsaturated/α-hetero) is 1. The zero-order chi connectivity index (χ0) is 29.5. The van der Waals surface area contributed by atoms with E-state index in [1.165, 1.54) is 0 Å². The lowest BCUT2D eigenvalue weighted by Crippen LogP contribution is -2.53. The Morgan fingerprint density at radius 3 is 2.00 bits per heavy atom. The molecule has 1 aromatic carbocycles. The predicted octanol–water partition coefficient (Wildman–Crippen LogP) is 4.03. The summed E-state index contributed by atoms with van der Waals surface area (Å²) in [5.41, 5.74) is 3.35. The Bertz CT molecular complexity index is 947. The number of carbonyl (C=O) groups excluding carboxylic acids is 5. The first-order valence-electron chi connectivity index (χ1n) is 13.6. The quantitative estimate of drug-likeness (QED) is 0.204. The number of nitrogens with zero attached hydrogens (tertiary/aromatic N) is 1. The lowest BCUT2D eigenvalue weighted by atomic mass is 9.88. The standard InChI is InChI=1S/C29H45N3O7/c1-8-38-28(36)27(35)32(17-21(6)7)31-26(34)23(14-19(2)3)16-25(33)24(15-20(4)5)30-29(37)39-18-22-12-10-9-11-13-22/h9-13,19-21,23-24H,8,14-18H2,1-7H3,(H,30,37)(H,31,34)/t23-,24+/m1/s1. The Balaban J connectivity index is 2.99. The van der Waals surface area contributed by atoms with Crippen LogP contribution in [0.25, 0.3) is 0 Å². The van der Waals surface area contributed by atoms with Crippen LogP contribution in [-0.2, 0) is 35.3 Å². The lowest BCUT2D eigenvalue weighted by molar-refractivity contribution is -0.163. The molecule has 10 nitrogen and oxygen atoms in total. The van der Waals surface area contributed by atoms with Crippen molar-refractivity contribution in [2.45, 2.75) is 80.4 Å². The smallest absolute Gasteiger partial charge is 0.408 e. The molecule has 1 aromatic rings. The van der Waals surface area contributed by atoms with Crippen LogP contribution in [0.3, 0.4) is 0 Å². The molecule has 0 saturated heterocycles. The second kappa shape index (κ2) is 17.2. The number of alkyl carbamates (subject to hydrolysis) is 1. The Hall–Kier alpha value is -3.43. The minimum Gasteiger partial charge on any atom is -0.459 e. The average molecular weight is 548 g/mol. The van der Waals surface area contributed by atoms with Crippen LogP contribution >= 0.6 is 0 Å². The fraction of sp³-hybridized carbons (Fsp3) is 0.621. The summed E-state index contributed by atoms with van der Waals surface area (Å²) in [5, 5.41) is 3.61. The molecule has 39 heavy (non-hydrogen) atoms. The molecule has 0 aromatic heterocycles. The van der Waals surface area contributed by atoms with Gasteiger partial charge in [0.1, 0.15) is 6.61 Å². The van der Waals surface area contributed by atoms with Gasteiger partial charge in [-0.3, -0.25) is 19.8 Å². The highest BCUT2D eigenvalue weighted by molar-refractivity contribution is 6.32. The van der Waals surface area contributed by atoms with Crippen LogP contribution in [0.2, 0.25) is 0 Å². The normalized spacial score (nSPS) is 12.6. The van der Waals surface area contributed by atoms with Gasteiger partial charge in [-0.05, 0) is 43.1 Å².